The van der Waals surface area contributed by atoms with Gasteiger partial charge in [-0.05, 0) is 26.7 Å². The monoisotopic (exact) mass is 214 g/mol. The molecule has 0 aliphatic carbocycles. The van der Waals surface area contributed by atoms with E-state index in [1.54, 1.807) is 6.92 Å². The number of hydrogen-bond acceptors (Lipinski definition) is 3. The molecule has 1 fully saturated rings. The molecular formula is C10H18N2O3. The SMILES string of the molecule is CCNC(=O)C1CCCN1C(=O)OCC. The van der Waals surface area contributed by atoms with Gasteiger partial charge in [0.05, 0.1) is 6.61 Å². The highest BCUT2D eigenvalue weighted by Crippen LogP contribution is 2.18. The summed E-state index contributed by atoms with van der Waals surface area (Å²) in [6, 6.07) is -0.344. The van der Waals surface area contributed by atoms with E-state index < -0.39 is 0 Å². The summed E-state index contributed by atoms with van der Waals surface area (Å²) in [7, 11) is 0. The number of carbonyl (C=O) groups is 2. The van der Waals surface area contributed by atoms with Gasteiger partial charge in [-0.3, -0.25) is 9.69 Å². The Bertz CT molecular complexity index is 219. The van der Waals surface area contributed by atoms with E-state index in [4.69, 9.17) is 4.74 Å². The van der Waals surface area contributed by atoms with Crippen LogP contribution in [0.3, 0.4) is 0 Å². The van der Waals surface area contributed by atoms with Crippen LogP contribution in [0, 0.1) is 0 Å². The van der Waals surface area contributed by atoms with Crippen LogP contribution in [0.5, 0.6) is 0 Å². The molecule has 1 unspecified atom stereocenters. The van der Waals surface area contributed by atoms with E-state index >= 15 is 0 Å². The quantitative estimate of drug-likeness (QED) is 0.754. The molecule has 1 heterocycles. The van der Waals surface area contributed by atoms with E-state index in [2.05, 4.69) is 5.32 Å². The number of rotatable bonds is 3. The molecule has 0 saturated carbocycles. The zero-order valence-electron chi connectivity index (χ0n) is 9.28. The molecule has 1 N–H and O–H groups in total. The fourth-order valence-corrected chi connectivity index (χ4v) is 1.76. The summed E-state index contributed by atoms with van der Waals surface area (Å²) in [5, 5.41) is 2.73. The van der Waals surface area contributed by atoms with Crippen LogP contribution in [0.2, 0.25) is 0 Å². The number of carbonyl (C=O) groups excluding carboxylic acids is 2. The largest absolute Gasteiger partial charge is 0.450 e. The summed E-state index contributed by atoms with van der Waals surface area (Å²) >= 11 is 0. The van der Waals surface area contributed by atoms with Crippen molar-refractivity contribution in [1.29, 1.82) is 0 Å². The van der Waals surface area contributed by atoms with Crippen LogP contribution in [0.25, 0.3) is 0 Å². The third-order valence-electron chi connectivity index (χ3n) is 2.41. The van der Waals surface area contributed by atoms with Crippen molar-refractivity contribution in [2.24, 2.45) is 0 Å². The van der Waals surface area contributed by atoms with Crippen LogP contribution in [0.4, 0.5) is 4.79 Å². The van der Waals surface area contributed by atoms with Gasteiger partial charge in [-0.2, -0.15) is 0 Å². The van der Waals surface area contributed by atoms with Gasteiger partial charge in [0.25, 0.3) is 0 Å². The Morgan fingerprint density at radius 3 is 2.80 bits per heavy atom. The van der Waals surface area contributed by atoms with Crippen molar-refractivity contribution < 1.29 is 14.3 Å². The molecule has 2 amide bonds. The van der Waals surface area contributed by atoms with Crippen molar-refractivity contribution >= 4 is 12.0 Å². The van der Waals surface area contributed by atoms with E-state index in [9.17, 15) is 9.59 Å². The number of likely N-dealkylation sites (tertiary alicyclic amines) is 1. The minimum absolute atomic E-state index is 0.0805. The third kappa shape index (κ3) is 2.84. The van der Waals surface area contributed by atoms with Crippen LogP contribution < -0.4 is 5.32 Å². The van der Waals surface area contributed by atoms with Gasteiger partial charge >= 0.3 is 6.09 Å². The number of likely N-dealkylation sites (N-methyl/N-ethyl adjacent to an activating group) is 1. The Morgan fingerprint density at radius 2 is 2.20 bits per heavy atom. The highest BCUT2D eigenvalue weighted by Gasteiger charge is 2.34. The molecule has 1 aliphatic rings. The molecule has 0 aromatic heterocycles. The van der Waals surface area contributed by atoms with E-state index in [1.807, 2.05) is 6.92 Å². The minimum atomic E-state index is -0.383. The zero-order chi connectivity index (χ0) is 11.3. The van der Waals surface area contributed by atoms with E-state index in [0.717, 1.165) is 12.8 Å². The first-order chi connectivity index (χ1) is 7.20. The molecule has 0 aromatic rings. The van der Waals surface area contributed by atoms with Crippen LogP contribution in [0.1, 0.15) is 26.7 Å². The van der Waals surface area contributed by atoms with Gasteiger partial charge in [-0.1, -0.05) is 0 Å². The Labute approximate surface area is 89.8 Å². The molecule has 0 radical (unpaired) electrons. The first-order valence-corrected chi connectivity index (χ1v) is 5.41. The minimum Gasteiger partial charge on any atom is -0.450 e. The molecule has 0 bridgehead atoms. The Balaban J connectivity index is 2.56. The molecule has 0 aromatic carbocycles. The van der Waals surface area contributed by atoms with Gasteiger partial charge in [0.15, 0.2) is 0 Å². The van der Waals surface area contributed by atoms with Gasteiger partial charge in [0, 0.05) is 13.1 Å². The van der Waals surface area contributed by atoms with Crippen molar-refractivity contribution in [2.45, 2.75) is 32.7 Å². The molecular weight excluding hydrogens is 196 g/mol. The second-order valence-corrected chi connectivity index (χ2v) is 3.44. The smallest absolute Gasteiger partial charge is 0.410 e. The first kappa shape index (κ1) is 11.8. The van der Waals surface area contributed by atoms with Crippen LogP contribution in [-0.4, -0.2) is 42.6 Å². The Kier molecular flexibility index (Phi) is 4.39. The van der Waals surface area contributed by atoms with Gasteiger partial charge < -0.3 is 10.1 Å². The predicted molar refractivity (Wildman–Crippen MR) is 55.4 cm³/mol. The molecule has 1 rings (SSSR count). The summed E-state index contributed by atoms with van der Waals surface area (Å²) in [4.78, 5) is 24.6. The van der Waals surface area contributed by atoms with Gasteiger partial charge in [0.2, 0.25) is 5.91 Å². The summed E-state index contributed by atoms with van der Waals surface area (Å²) in [5.74, 6) is -0.0805. The molecule has 86 valence electrons. The maximum Gasteiger partial charge on any atom is 0.410 e. The Morgan fingerprint density at radius 1 is 1.47 bits per heavy atom. The lowest BCUT2D eigenvalue weighted by atomic mass is 10.2. The number of ether oxygens (including phenoxy) is 1. The number of amides is 2. The molecule has 5 nitrogen and oxygen atoms in total. The normalized spacial score (nSPS) is 20.1. The average molecular weight is 214 g/mol. The van der Waals surface area contributed by atoms with Gasteiger partial charge in [-0.15, -0.1) is 0 Å². The highest BCUT2D eigenvalue weighted by molar-refractivity contribution is 5.86. The summed E-state index contributed by atoms with van der Waals surface area (Å²) in [6.45, 7) is 5.17. The lowest BCUT2D eigenvalue weighted by Crippen LogP contribution is -2.46. The topological polar surface area (TPSA) is 58.6 Å². The molecule has 15 heavy (non-hydrogen) atoms. The van der Waals surface area contributed by atoms with E-state index in [0.29, 0.717) is 19.7 Å². The predicted octanol–water partition coefficient (Wildman–Crippen LogP) is 0.743. The Hall–Kier alpha value is -1.26. The zero-order valence-corrected chi connectivity index (χ0v) is 9.28. The molecule has 0 spiro atoms. The van der Waals surface area contributed by atoms with E-state index in [-0.39, 0.29) is 18.0 Å². The van der Waals surface area contributed by atoms with Crippen LogP contribution in [0.15, 0.2) is 0 Å². The van der Waals surface area contributed by atoms with Crippen molar-refractivity contribution in [1.82, 2.24) is 10.2 Å². The average Bonchev–Trinajstić information content (AvgIpc) is 2.66. The maximum absolute atomic E-state index is 11.6. The maximum atomic E-state index is 11.6. The van der Waals surface area contributed by atoms with Crippen molar-refractivity contribution in [3.8, 4) is 0 Å². The second kappa shape index (κ2) is 5.58. The summed E-state index contributed by atoms with van der Waals surface area (Å²) in [6.07, 6.45) is 1.21. The molecule has 1 aliphatic heterocycles. The first-order valence-electron chi connectivity index (χ1n) is 5.41. The van der Waals surface area contributed by atoms with Crippen molar-refractivity contribution in [3.05, 3.63) is 0 Å². The fraction of sp³-hybridized carbons (Fsp3) is 0.800. The van der Waals surface area contributed by atoms with Gasteiger partial charge in [-0.25, -0.2) is 4.79 Å². The molecule has 1 saturated heterocycles. The van der Waals surface area contributed by atoms with Gasteiger partial charge in [0.1, 0.15) is 6.04 Å². The van der Waals surface area contributed by atoms with Crippen molar-refractivity contribution in [3.63, 3.8) is 0 Å². The summed E-state index contributed by atoms with van der Waals surface area (Å²) in [5.41, 5.74) is 0. The molecule has 5 heteroatoms. The highest BCUT2D eigenvalue weighted by atomic mass is 16.6. The summed E-state index contributed by atoms with van der Waals surface area (Å²) < 4.78 is 4.89. The third-order valence-corrected chi connectivity index (χ3v) is 2.41. The fourth-order valence-electron chi connectivity index (χ4n) is 1.76. The van der Waals surface area contributed by atoms with E-state index in [1.165, 1.54) is 4.90 Å². The van der Waals surface area contributed by atoms with Crippen molar-refractivity contribution in [2.75, 3.05) is 19.7 Å². The lowest BCUT2D eigenvalue weighted by Gasteiger charge is -2.22. The van der Waals surface area contributed by atoms with Crippen LogP contribution in [-0.2, 0) is 9.53 Å². The van der Waals surface area contributed by atoms with Crippen LogP contribution >= 0.6 is 0 Å². The molecule has 1 atom stereocenters. The lowest BCUT2D eigenvalue weighted by molar-refractivity contribution is -0.125. The number of nitrogens with zero attached hydrogens (tertiary/aromatic N) is 1. The second-order valence-electron chi connectivity index (χ2n) is 3.44. The standard InChI is InChI=1S/C10H18N2O3/c1-3-11-9(13)8-6-5-7-12(8)10(14)15-4-2/h8H,3-7H2,1-2H3,(H,11,13). The number of nitrogens with one attached hydrogen (secondary N) is 1. The number of hydrogen-bond donors (Lipinski definition) is 1.